The number of nitrogens with zero attached hydrogens (tertiary/aromatic N) is 2. The standard InChI is InChI=1S/C25H31FN2O2S/c1-27-23(18-9-4-2-5-10-18)17-28(20-12-6-3-7-13-20)22-16-21(26)19(15-24(22)31-27)11-8-14-25(29)30/h3,6-7,12-13,15-16,18,23H,2,4-5,8-11,14,17H2,1H3,(H,29,30)/t23-/m0/s1. The molecule has 1 aliphatic carbocycles. The Morgan fingerprint density at radius 3 is 2.61 bits per heavy atom. The molecule has 0 unspecified atom stereocenters. The summed E-state index contributed by atoms with van der Waals surface area (Å²) in [4.78, 5) is 14.2. The predicted molar refractivity (Wildman–Crippen MR) is 124 cm³/mol. The van der Waals surface area contributed by atoms with E-state index in [0.29, 0.717) is 30.4 Å². The number of carbonyl (C=O) groups is 1. The normalized spacial score (nSPS) is 20.3. The molecule has 1 saturated carbocycles. The van der Waals surface area contributed by atoms with E-state index in [1.165, 1.54) is 32.1 Å². The van der Waals surface area contributed by atoms with Crippen LogP contribution in [-0.4, -0.2) is 35.0 Å². The second-order valence-electron chi connectivity index (χ2n) is 8.71. The number of benzene rings is 2. The third kappa shape index (κ3) is 5.24. The van der Waals surface area contributed by atoms with Crippen molar-refractivity contribution in [2.75, 3.05) is 18.5 Å². The lowest BCUT2D eigenvalue weighted by atomic mass is 9.83. The van der Waals surface area contributed by atoms with E-state index >= 15 is 4.39 Å². The molecule has 0 bridgehead atoms. The van der Waals surface area contributed by atoms with Gasteiger partial charge in [0.15, 0.2) is 0 Å². The van der Waals surface area contributed by atoms with Gasteiger partial charge in [0.2, 0.25) is 0 Å². The van der Waals surface area contributed by atoms with Crippen molar-refractivity contribution < 1.29 is 14.3 Å². The van der Waals surface area contributed by atoms with Gasteiger partial charge in [0.1, 0.15) is 5.82 Å². The van der Waals surface area contributed by atoms with Gasteiger partial charge in [0.25, 0.3) is 0 Å². The van der Waals surface area contributed by atoms with E-state index in [-0.39, 0.29) is 12.2 Å². The molecule has 2 aliphatic rings. The molecule has 1 atom stereocenters. The van der Waals surface area contributed by atoms with Gasteiger partial charge in [-0.1, -0.05) is 37.5 Å². The summed E-state index contributed by atoms with van der Waals surface area (Å²) in [5, 5.41) is 8.93. The molecule has 166 valence electrons. The molecule has 0 amide bonds. The molecule has 4 nitrogen and oxygen atoms in total. The Labute approximate surface area is 188 Å². The van der Waals surface area contributed by atoms with Crippen LogP contribution in [0.1, 0.15) is 50.5 Å². The van der Waals surface area contributed by atoms with Crippen LogP contribution in [0.5, 0.6) is 0 Å². The molecule has 6 heteroatoms. The lowest BCUT2D eigenvalue weighted by Crippen LogP contribution is -2.42. The summed E-state index contributed by atoms with van der Waals surface area (Å²) in [6, 6.07) is 14.2. The molecule has 2 aromatic rings. The molecule has 1 N–H and O–H groups in total. The van der Waals surface area contributed by atoms with Crippen LogP contribution in [0.15, 0.2) is 47.4 Å². The second-order valence-corrected chi connectivity index (χ2v) is 9.91. The molecular formula is C25H31FN2O2S. The maximum Gasteiger partial charge on any atom is 0.303 e. The van der Waals surface area contributed by atoms with Crippen LogP contribution in [0, 0.1) is 11.7 Å². The first-order chi connectivity index (χ1) is 15.0. The number of hydrogen-bond donors (Lipinski definition) is 1. The molecule has 0 radical (unpaired) electrons. The number of carboxylic acids is 1. The summed E-state index contributed by atoms with van der Waals surface area (Å²) in [6.45, 7) is 0.836. The van der Waals surface area contributed by atoms with Crippen molar-refractivity contribution in [3.8, 4) is 0 Å². The van der Waals surface area contributed by atoms with Gasteiger partial charge in [-0.3, -0.25) is 4.79 Å². The minimum atomic E-state index is -0.838. The smallest absolute Gasteiger partial charge is 0.303 e. The van der Waals surface area contributed by atoms with Crippen molar-refractivity contribution in [2.45, 2.75) is 62.3 Å². The van der Waals surface area contributed by atoms with Gasteiger partial charge < -0.3 is 10.0 Å². The fourth-order valence-corrected chi connectivity index (χ4v) is 6.07. The van der Waals surface area contributed by atoms with Crippen LogP contribution in [-0.2, 0) is 11.2 Å². The highest BCUT2D eigenvalue weighted by Crippen LogP contribution is 2.44. The second kappa shape index (κ2) is 10.0. The molecule has 4 rings (SSSR count). The number of aliphatic carboxylic acids is 1. The zero-order valence-corrected chi connectivity index (χ0v) is 18.9. The van der Waals surface area contributed by atoms with E-state index in [9.17, 15) is 4.79 Å². The van der Waals surface area contributed by atoms with Crippen molar-refractivity contribution in [2.24, 2.45) is 5.92 Å². The van der Waals surface area contributed by atoms with E-state index in [1.54, 1.807) is 18.0 Å². The Morgan fingerprint density at radius 1 is 1.16 bits per heavy atom. The summed E-state index contributed by atoms with van der Waals surface area (Å²) < 4.78 is 17.4. The number of carboxylic acid groups (broad SMARTS) is 1. The molecule has 0 spiro atoms. The highest BCUT2D eigenvalue weighted by molar-refractivity contribution is 7.97. The molecule has 1 heterocycles. The summed E-state index contributed by atoms with van der Waals surface area (Å²) in [6.07, 6.45) is 7.36. The van der Waals surface area contributed by atoms with Crippen LogP contribution in [0.2, 0.25) is 0 Å². The van der Waals surface area contributed by atoms with Crippen LogP contribution in [0.25, 0.3) is 0 Å². The average Bonchev–Trinajstić information content (AvgIpc) is 2.91. The highest BCUT2D eigenvalue weighted by Gasteiger charge is 2.34. The van der Waals surface area contributed by atoms with Crippen molar-refractivity contribution in [1.29, 1.82) is 0 Å². The summed E-state index contributed by atoms with van der Waals surface area (Å²) in [5.41, 5.74) is 2.59. The summed E-state index contributed by atoms with van der Waals surface area (Å²) in [7, 11) is 2.16. The quantitative estimate of drug-likeness (QED) is 0.534. The van der Waals surface area contributed by atoms with Gasteiger partial charge in [0, 0.05) is 29.6 Å². The lowest BCUT2D eigenvalue weighted by Gasteiger charge is -2.37. The zero-order valence-electron chi connectivity index (χ0n) is 18.1. The number of halogens is 1. The van der Waals surface area contributed by atoms with Gasteiger partial charge >= 0.3 is 5.97 Å². The minimum absolute atomic E-state index is 0.0590. The Balaban J connectivity index is 1.69. The van der Waals surface area contributed by atoms with Crippen molar-refractivity contribution in [3.63, 3.8) is 0 Å². The average molecular weight is 443 g/mol. The topological polar surface area (TPSA) is 43.8 Å². The van der Waals surface area contributed by atoms with Crippen molar-refractivity contribution >= 4 is 29.3 Å². The van der Waals surface area contributed by atoms with Gasteiger partial charge in [-0.2, -0.15) is 0 Å². The number of fused-ring (bicyclic) bond motifs is 1. The van der Waals surface area contributed by atoms with Gasteiger partial charge in [0.05, 0.1) is 5.69 Å². The van der Waals surface area contributed by atoms with E-state index in [0.717, 1.165) is 22.8 Å². The largest absolute Gasteiger partial charge is 0.481 e. The zero-order chi connectivity index (χ0) is 21.8. The maximum atomic E-state index is 15.1. The minimum Gasteiger partial charge on any atom is -0.481 e. The Bertz CT molecular complexity index is 902. The first kappa shape index (κ1) is 22.2. The number of aryl methyl sites for hydroxylation is 1. The number of rotatable bonds is 6. The molecular weight excluding hydrogens is 411 g/mol. The molecule has 2 aromatic carbocycles. The number of likely N-dealkylation sites (N-methyl/N-ethyl adjacent to an activating group) is 1. The first-order valence-electron chi connectivity index (χ1n) is 11.3. The van der Waals surface area contributed by atoms with Crippen LogP contribution in [0.4, 0.5) is 15.8 Å². The number of anilines is 2. The molecule has 1 fully saturated rings. The number of hydrogen-bond acceptors (Lipinski definition) is 4. The number of para-hydroxylation sites is 1. The summed E-state index contributed by atoms with van der Waals surface area (Å²) >= 11 is 1.70. The van der Waals surface area contributed by atoms with E-state index in [1.807, 2.05) is 24.3 Å². The van der Waals surface area contributed by atoms with E-state index < -0.39 is 5.97 Å². The Kier molecular flexibility index (Phi) is 7.18. The van der Waals surface area contributed by atoms with E-state index in [2.05, 4.69) is 28.4 Å². The molecule has 31 heavy (non-hydrogen) atoms. The van der Waals surface area contributed by atoms with Crippen molar-refractivity contribution in [1.82, 2.24) is 4.31 Å². The third-order valence-electron chi connectivity index (χ3n) is 6.60. The van der Waals surface area contributed by atoms with Crippen LogP contribution in [0.3, 0.4) is 0 Å². The molecule has 0 aromatic heterocycles. The van der Waals surface area contributed by atoms with Crippen LogP contribution >= 0.6 is 11.9 Å². The van der Waals surface area contributed by atoms with Gasteiger partial charge in [-0.15, -0.1) is 0 Å². The SMILES string of the molecule is CN1Sc2cc(CCCC(=O)O)c(F)cc2N(c2ccccc2)C[C@H]1C1CCCCC1. The highest BCUT2D eigenvalue weighted by atomic mass is 32.2. The van der Waals surface area contributed by atoms with Crippen molar-refractivity contribution in [3.05, 3.63) is 53.8 Å². The monoisotopic (exact) mass is 442 g/mol. The summed E-state index contributed by atoms with van der Waals surface area (Å²) in [5.74, 6) is -0.439. The fourth-order valence-electron chi connectivity index (χ4n) is 4.93. The molecule has 0 saturated heterocycles. The Hall–Kier alpha value is -2.05. The lowest BCUT2D eigenvalue weighted by molar-refractivity contribution is -0.137. The Morgan fingerprint density at radius 2 is 1.90 bits per heavy atom. The maximum absolute atomic E-state index is 15.1. The third-order valence-corrected chi connectivity index (χ3v) is 7.68. The van der Waals surface area contributed by atoms with E-state index in [4.69, 9.17) is 5.11 Å². The van der Waals surface area contributed by atoms with Gasteiger partial charge in [-0.25, -0.2) is 8.70 Å². The molecule has 1 aliphatic heterocycles. The fraction of sp³-hybridized carbons (Fsp3) is 0.480. The predicted octanol–water partition coefficient (Wildman–Crippen LogP) is 6.27. The van der Waals surface area contributed by atoms with Crippen LogP contribution < -0.4 is 4.90 Å². The first-order valence-corrected chi connectivity index (χ1v) is 12.1. The van der Waals surface area contributed by atoms with Gasteiger partial charge in [-0.05, 0) is 80.4 Å².